The van der Waals surface area contributed by atoms with Crippen LogP contribution >= 0.6 is 11.3 Å². The number of nitrogens with one attached hydrogen (secondary N) is 1. The molecule has 4 rings (SSSR count). The van der Waals surface area contributed by atoms with E-state index in [1.165, 1.54) is 34.6 Å². The maximum Gasteiger partial charge on any atom is 0.261 e. The predicted molar refractivity (Wildman–Crippen MR) is 132 cm³/mol. The molecule has 0 spiro atoms. The molecule has 1 aromatic heterocycles. The van der Waals surface area contributed by atoms with E-state index in [0.717, 1.165) is 47.8 Å². The first-order valence-electron chi connectivity index (χ1n) is 11.2. The average molecular weight is 465 g/mol. The first-order valence-corrected chi connectivity index (χ1v) is 12.1. The Hall–Kier alpha value is -2.96. The molecule has 2 aromatic carbocycles. The summed E-state index contributed by atoms with van der Waals surface area (Å²) in [7, 11) is 0. The van der Waals surface area contributed by atoms with E-state index in [0.29, 0.717) is 6.54 Å². The molecule has 1 N–H and O–H groups in total. The minimum Gasteiger partial charge on any atom is -0.489 e. The van der Waals surface area contributed by atoms with Gasteiger partial charge in [-0.05, 0) is 78.2 Å². The molecule has 4 nitrogen and oxygen atoms in total. The lowest BCUT2D eigenvalue weighted by atomic mass is 9.99. The van der Waals surface area contributed by atoms with Gasteiger partial charge in [-0.25, -0.2) is 4.39 Å². The van der Waals surface area contributed by atoms with Crippen molar-refractivity contribution in [3.05, 3.63) is 93.4 Å². The Morgan fingerprint density at radius 2 is 2.03 bits per heavy atom. The maximum atomic E-state index is 13.2. The van der Waals surface area contributed by atoms with Crippen molar-refractivity contribution in [1.82, 2.24) is 10.2 Å². The third-order valence-electron chi connectivity index (χ3n) is 5.77. The Kier molecular flexibility index (Phi) is 7.57. The summed E-state index contributed by atoms with van der Waals surface area (Å²) in [4.78, 5) is 15.4. The van der Waals surface area contributed by atoms with Gasteiger partial charge < -0.3 is 10.1 Å². The van der Waals surface area contributed by atoms with Crippen molar-refractivity contribution in [3.63, 3.8) is 0 Å². The van der Waals surface area contributed by atoms with Crippen molar-refractivity contribution in [2.45, 2.75) is 32.9 Å². The van der Waals surface area contributed by atoms with Gasteiger partial charge in [-0.2, -0.15) is 0 Å². The number of nitrogens with zero attached hydrogens (tertiary/aromatic N) is 1. The molecule has 0 fully saturated rings. The highest BCUT2D eigenvalue weighted by Crippen LogP contribution is 2.24. The predicted octanol–water partition coefficient (Wildman–Crippen LogP) is 5.68. The molecule has 172 valence electrons. The van der Waals surface area contributed by atoms with Crippen LogP contribution in [0.2, 0.25) is 0 Å². The maximum absolute atomic E-state index is 13.2. The molecule has 0 saturated carbocycles. The SMILES string of the molecule is Cc1ccsc1C(=O)NC[C@H](C)Oc1cccc(CN2CC=C(c3ccc(F)cc3)CC2)c1. The van der Waals surface area contributed by atoms with Crippen molar-refractivity contribution in [1.29, 1.82) is 0 Å². The summed E-state index contributed by atoms with van der Waals surface area (Å²) in [6.45, 7) is 7.01. The lowest BCUT2D eigenvalue weighted by Crippen LogP contribution is -2.33. The van der Waals surface area contributed by atoms with Crippen molar-refractivity contribution < 1.29 is 13.9 Å². The third kappa shape index (κ3) is 6.30. The fourth-order valence-corrected chi connectivity index (χ4v) is 4.79. The molecular formula is C27H29FN2O2S. The molecule has 6 heteroatoms. The van der Waals surface area contributed by atoms with Gasteiger partial charge >= 0.3 is 0 Å². The van der Waals surface area contributed by atoms with Gasteiger partial charge in [-0.15, -0.1) is 11.3 Å². The number of rotatable bonds is 8. The Balaban J connectivity index is 1.28. The normalized spacial score (nSPS) is 15.1. The van der Waals surface area contributed by atoms with Crippen LogP contribution in [0.5, 0.6) is 5.75 Å². The zero-order chi connectivity index (χ0) is 23.2. The highest BCUT2D eigenvalue weighted by Gasteiger charge is 2.15. The van der Waals surface area contributed by atoms with Crippen molar-refractivity contribution in [2.75, 3.05) is 19.6 Å². The van der Waals surface area contributed by atoms with Crippen LogP contribution < -0.4 is 10.1 Å². The van der Waals surface area contributed by atoms with Crippen LogP contribution in [0.4, 0.5) is 4.39 Å². The number of aryl methyl sites for hydroxylation is 1. The Morgan fingerprint density at radius 3 is 2.73 bits per heavy atom. The first-order chi connectivity index (χ1) is 16.0. The molecule has 1 aliphatic rings. The quantitative estimate of drug-likeness (QED) is 0.466. The minimum absolute atomic E-state index is 0.0511. The van der Waals surface area contributed by atoms with Gasteiger partial charge in [0.05, 0.1) is 11.4 Å². The summed E-state index contributed by atoms with van der Waals surface area (Å²) in [6.07, 6.45) is 3.04. The number of thiophene rings is 1. The molecule has 1 atom stereocenters. The van der Waals surface area contributed by atoms with Crippen LogP contribution in [0.15, 0.2) is 66.1 Å². The number of carbonyl (C=O) groups excluding carboxylic acids is 1. The number of carbonyl (C=O) groups is 1. The van der Waals surface area contributed by atoms with Crippen LogP contribution in [0, 0.1) is 12.7 Å². The highest BCUT2D eigenvalue weighted by molar-refractivity contribution is 7.12. The topological polar surface area (TPSA) is 41.6 Å². The van der Waals surface area contributed by atoms with E-state index >= 15 is 0 Å². The minimum atomic E-state index is -0.201. The molecule has 2 heterocycles. The average Bonchev–Trinajstić information content (AvgIpc) is 3.25. The Morgan fingerprint density at radius 1 is 1.21 bits per heavy atom. The fraction of sp³-hybridized carbons (Fsp3) is 0.296. The zero-order valence-corrected chi connectivity index (χ0v) is 19.8. The van der Waals surface area contributed by atoms with E-state index in [9.17, 15) is 9.18 Å². The van der Waals surface area contributed by atoms with Gasteiger partial charge in [-0.1, -0.05) is 30.3 Å². The van der Waals surface area contributed by atoms with Crippen LogP contribution in [-0.2, 0) is 6.54 Å². The largest absolute Gasteiger partial charge is 0.489 e. The van der Waals surface area contributed by atoms with Gasteiger partial charge in [0.25, 0.3) is 5.91 Å². The van der Waals surface area contributed by atoms with Crippen molar-refractivity contribution in [2.24, 2.45) is 0 Å². The van der Waals surface area contributed by atoms with E-state index in [1.54, 1.807) is 0 Å². The second-order valence-corrected chi connectivity index (χ2v) is 9.36. The molecule has 0 saturated heterocycles. The number of hydrogen-bond acceptors (Lipinski definition) is 4. The molecule has 1 amide bonds. The van der Waals surface area contributed by atoms with Gasteiger partial charge in [0.1, 0.15) is 17.7 Å². The van der Waals surface area contributed by atoms with E-state index in [1.807, 2.05) is 49.6 Å². The summed E-state index contributed by atoms with van der Waals surface area (Å²) in [5, 5.41) is 4.89. The van der Waals surface area contributed by atoms with E-state index in [4.69, 9.17) is 4.74 Å². The summed E-state index contributed by atoms with van der Waals surface area (Å²) >= 11 is 1.45. The fourth-order valence-electron chi connectivity index (χ4n) is 3.95. The first kappa shape index (κ1) is 23.2. The van der Waals surface area contributed by atoms with Crippen LogP contribution in [0.3, 0.4) is 0 Å². The Bertz CT molecular complexity index is 1120. The number of halogens is 1. The summed E-state index contributed by atoms with van der Waals surface area (Å²) in [5.74, 6) is 0.555. The molecule has 0 radical (unpaired) electrons. The number of benzene rings is 2. The van der Waals surface area contributed by atoms with Crippen LogP contribution in [0.25, 0.3) is 5.57 Å². The molecule has 1 aliphatic heterocycles. The summed E-state index contributed by atoms with van der Waals surface area (Å²) < 4.78 is 19.2. The molecule has 3 aromatic rings. The van der Waals surface area contributed by atoms with Gasteiger partial charge in [0.15, 0.2) is 0 Å². The zero-order valence-electron chi connectivity index (χ0n) is 19.0. The molecular weight excluding hydrogens is 435 g/mol. The van der Waals surface area contributed by atoms with Gasteiger partial charge in [0.2, 0.25) is 0 Å². The second-order valence-electron chi connectivity index (χ2n) is 8.44. The summed E-state index contributed by atoms with van der Waals surface area (Å²) in [5.41, 5.74) is 4.56. The van der Waals surface area contributed by atoms with Crippen molar-refractivity contribution in [3.8, 4) is 5.75 Å². The smallest absolute Gasteiger partial charge is 0.261 e. The number of ether oxygens (including phenoxy) is 1. The van der Waals surface area contributed by atoms with E-state index in [2.05, 4.69) is 28.4 Å². The molecule has 0 bridgehead atoms. The monoisotopic (exact) mass is 464 g/mol. The van der Waals surface area contributed by atoms with Crippen molar-refractivity contribution >= 4 is 22.8 Å². The Labute approximate surface area is 198 Å². The van der Waals surface area contributed by atoms with E-state index < -0.39 is 0 Å². The third-order valence-corrected chi connectivity index (χ3v) is 6.78. The van der Waals surface area contributed by atoms with Crippen LogP contribution in [0.1, 0.15) is 39.7 Å². The number of amides is 1. The number of hydrogen-bond donors (Lipinski definition) is 1. The lowest BCUT2D eigenvalue weighted by molar-refractivity contribution is 0.0935. The second kappa shape index (κ2) is 10.8. The summed E-state index contributed by atoms with van der Waals surface area (Å²) in [6, 6.07) is 16.8. The van der Waals surface area contributed by atoms with E-state index in [-0.39, 0.29) is 17.8 Å². The molecule has 33 heavy (non-hydrogen) atoms. The van der Waals surface area contributed by atoms with Gasteiger partial charge in [-0.3, -0.25) is 9.69 Å². The standard InChI is InChI=1S/C27H29FN2O2S/c1-19-12-15-33-26(19)27(31)29-17-20(2)32-25-5-3-4-21(16-25)18-30-13-10-23(11-14-30)22-6-8-24(28)9-7-22/h3-10,12,15-16,20H,11,13-14,17-18H2,1-2H3,(H,29,31)/t20-/m0/s1. The lowest BCUT2D eigenvalue weighted by Gasteiger charge is -2.26. The molecule has 0 unspecified atom stereocenters. The molecule has 0 aliphatic carbocycles. The van der Waals surface area contributed by atoms with Crippen LogP contribution in [-0.4, -0.2) is 36.5 Å². The highest BCUT2D eigenvalue weighted by atomic mass is 32.1. The van der Waals surface area contributed by atoms with Gasteiger partial charge in [0, 0.05) is 19.6 Å².